The molecule has 0 saturated heterocycles. The standard InChI is InChI=1S/C17H15ClN4O4/c1-11-12(7-8-26-11)10-20(2)15-9-19-21(17(23)16(15)18)13-3-5-14(6-4-13)22(24)25/h3-9H,10H2,1-2H3. The number of hydrogen-bond acceptors (Lipinski definition) is 6. The highest BCUT2D eigenvalue weighted by Crippen LogP contribution is 2.23. The maximum atomic E-state index is 12.6. The normalized spacial score (nSPS) is 10.7. The van der Waals surface area contributed by atoms with Crippen molar-refractivity contribution in [3.8, 4) is 5.69 Å². The number of furan rings is 1. The summed E-state index contributed by atoms with van der Waals surface area (Å²) in [6.07, 6.45) is 3.09. The first-order valence-electron chi connectivity index (χ1n) is 7.65. The Morgan fingerprint density at radius 2 is 2.00 bits per heavy atom. The molecule has 2 aromatic heterocycles. The van der Waals surface area contributed by atoms with Crippen LogP contribution in [0.1, 0.15) is 11.3 Å². The Kier molecular flexibility index (Phi) is 4.77. The van der Waals surface area contributed by atoms with Gasteiger partial charge in [0.15, 0.2) is 0 Å². The van der Waals surface area contributed by atoms with Crippen LogP contribution in [0.4, 0.5) is 11.4 Å². The van der Waals surface area contributed by atoms with Gasteiger partial charge in [0.1, 0.15) is 10.8 Å². The third-order valence-electron chi connectivity index (χ3n) is 3.99. The van der Waals surface area contributed by atoms with Gasteiger partial charge in [-0.3, -0.25) is 14.9 Å². The van der Waals surface area contributed by atoms with E-state index in [0.29, 0.717) is 17.9 Å². The Balaban J connectivity index is 1.92. The monoisotopic (exact) mass is 374 g/mol. The first kappa shape index (κ1) is 17.7. The summed E-state index contributed by atoms with van der Waals surface area (Å²) in [5, 5.41) is 14.9. The zero-order valence-electron chi connectivity index (χ0n) is 14.0. The molecule has 0 radical (unpaired) electrons. The predicted octanol–water partition coefficient (Wildman–Crippen LogP) is 3.33. The van der Waals surface area contributed by atoms with Crippen molar-refractivity contribution in [2.75, 3.05) is 11.9 Å². The zero-order chi connectivity index (χ0) is 18.8. The number of hydrogen-bond donors (Lipinski definition) is 0. The lowest BCUT2D eigenvalue weighted by Crippen LogP contribution is -2.26. The molecule has 0 aliphatic heterocycles. The number of nitrogens with zero attached hydrogens (tertiary/aromatic N) is 4. The van der Waals surface area contributed by atoms with E-state index in [1.54, 1.807) is 18.2 Å². The summed E-state index contributed by atoms with van der Waals surface area (Å²) in [7, 11) is 1.80. The van der Waals surface area contributed by atoms with Crippen molar-refractivity contribution in [2.24, 2.45) is 0 Å². The van der Waals surface area contributed by atoms with Gasteiger partial charge in [0.2, 0.25) is 0 Å². The summed E-state index contributed by atoms with van der Waals surface area (Å²) in [5.74, 6) is 0.792. The number of nitro benzene ring substituents is 1. The molecule has 0 bridgehead atoms. The third-order valence-corrected chi connectivity index (χ3v) is 4.35. The van der Waals surface area contributed by atoms with E-state index in [0.717, 1.165) is 16.0 Å². The highest BCUT2D eigenvalue weighted by atomic mass is 35.5. The second-order valence-corrected chi connectivity index (χ2v) is 6.07. The van der Waals surface area contributed by atoms with Crippen LogP contribution in [-0.2, 0) is 6.54 Å². The van der Waals surface area contributed by atoms with Gasteiger partial charge in [-0.05, 0) is 25.1 Å². The number of anilines is 1. The maximum Gasteiger partial charge on any atom is 0.292 e. The molecule has 0 N–H and O–H groups in total. The molecule has 1 aromatic carbocycles. The first-order chi connectivity index (χ1) is 12.4. The lowest BCUT2D eigenvalue weighted by molar-refractivity contribution is -0.384. The van der Waals surface area contributed by atoms with Gasteiger partial charge in [0.05, 0.1) is 28.8 Å². The van der Waals surface area contributed by atoms with Gasteiger partial charge < -0.3 is 9.32 Å². The fourth-order valence-corrected chi connectivity index (χ4v) is 2.78. The number of non-ortho nitro benzene ring substituents is 1. The van der Waals surface area contributed by atoms with Crippen molar-refractivity contribution in [3.05, 3.63) is 79.6 Å². The van der Waals surface area contributed by atoms with Crippen LogP contribution in [0.3, 0.4) is 0 Å². The Labute approximate surface area is 153 Å². The summed E-state index contributed by atoms with van der Waals surface area (Å²) in [5.41, 5.74) is 1.27. The second kappa shape index (κ2) is 7.01. The number of aryl methyl sites for hydroxylation is 1. The summed E-state index contributed by atoms with van der Waals surface area (Å²) >= 11 is 6.26. The quantitative estimate of drug-likeness (QED) is 0.502. The van der Waals surface area contributed by atoms with Gasteiger partial charge in [-0.15, -0.1) is 0 Å². The van der Waals surface area contributed by atoms with Gasteiger partial charge in [-0.2, -0.15) is 9.78 Å². The maximum absolute atomic E-state index is 12.6. The van der Waals surface area contributed by atoms with Crippen molar-refractivity contribution in [1.82, 2.24) is 9.78 Å². The highest BCUT2D eigenvalue weighted by molar-refractivity contribution is 6.33. The molecule has 26 heavy (non-hydrogen) atoms. The topological polar surface area (TPSA) is 94.4 Å². The fraction of sp³-hybridized carbons (Fsp3) is 0.176. The third kappa shape index (κ3) is 3.31. The van der Waals surface area contributed by atoms with Gasteiger partial charge in [-0.1, -0.05) is 11.6 Å². The summed E-state index contributed by atoms with van der Waals surface area (Å²) in [4.78, 5) is 24.6. The highest BCUT2D eigenvalue weighted by Gasteiger charge is 2.16. The smallest absolute Gasteiger partial charge is 0.292 e. The molecule has 0 amide bonds. The van der Waals surface area contributed by atoms with E-state index in [2.05, 4.69) is 5.10 Å². The molecule has 3 rings (SSSR count). The number of rotatable bonds is 5. The van der Waals surface area contributed by atoms with Gasteiger partial charge in [-0.25, -0.2) is 0 Å². The van der Waals surface area contributed by atoms with Crippen LogP contribution in [0.2, 0.25) is 5.02 Å². The molecule has 0 unspecified atom stereocenters. The Morgan fingerprint density at radius 3 is 2.58 bits per heavy atom. The van der Waals surface area contributed by atoms with Crippen LogP contribution in [0, 0.1) is 17.0 Å². The molecular weight excluding hydrogens is 360 g/mol. The molecule has 2 heterocycles. The summed E-state index contributed by atoms with van der Waals surface area (Å²) < 4.78 is 6.37. The van der Waals surface area contributed by atoms with Gasteiger partial charge in [0.25, 0.3) is 11.2 Å². The molecule has 0 aliphatic rings. The van der Waals surface area contributed by atoms with Crippen LogP contribution in [-0.4, -0.2) is 21.8 Å². The van der Waals surface area contributed by atoms with Crippen LogP contribution in [0.25, 0.3) is 5.69 Å². The van der Waals surface area contributed by atoms with E-state index in [1.165, 1.54) is 30.5 Å². The minimum atomic E-state index is -0.511. The molecule has 0 aliphatic carbocycles. The van der Waals surface area contributed by atoms with Crippen molar-refractivity contribution in [1.29, 1.82) is 0 Å². The van der Waals surface area contributed by atoms with Gasteiger partial charge in [0, 0.05) is 31.3 Å². The van der Waals surface area contributed by atoms with Crippen LogP contribution < -0.4 is 10.5 Å². The molecule has 9 heteroatoms. The molecule has 134 valence electrons. The van der Waals surface area contributed by atoms with E-state index in [4.69, 9.17) is 16.0 Å². The van der Waals surface area contributed by atoms with Crippen LogP contribution in [0.5, 0.6) is 0 Å². The Hall–Kier alpha value is -3.13. The van der Waals surface area contributed by atoms with E-state index in [-0.39, 0.29) is 10.7 Å². The number of nitro groups is 1. The molecule has 0 atom stereocenters. The average molecular weight is 375 g/mol. The predicted molar refractivity (Wildman–Crippen MR) is 97.1 cm³/mol. The van der Waals surface area contributed by atoms with E-state index < -0.39 is 10.5 Å². The van der Waals surface area contributed by atoms with E-state index in [1.807, 2.05) is 13.0 Å². The Bertz CT molecular complexity index is 1010. The second-order valence-electron chi connectivity index (χ2n) is 5.69. The molecule has 0 saturated carbocycles. The van der Waals surface area contributed by atoms with Crippen molar-refractivity contribution < 1.29 is 9.34 Å². The lowest BCUT2D eigenvalue weighted by atomic mass is 10.2. The zero-order valence-corrected chi connectivity index (χ0v) is 14.8. The molecule has 0 spiro atoms. The van der Waals surface area contributed by atoms with Gasteiger partial charge >= 0.3 is 0 Å². The fourth-order valence-electron chi connectivity index (χ4n) is 2.51. The number of aromatic nitrogens is 2. The SMILES string of the molecule is Cc1occc1CN(C)c1cnn(-c2ccc([N+](=O)[O-])cc2)c(=O)c1Cl. The van der Waals surface area contributed by atoms with Crippen molar-refractivity contribution >= 4 is 23.0 Å². The van der Waals surface area contributed by atoms with E-state index in [9.17, 15) is 14.9 Å². The molecule has 8 nitrogen and oxygen atoms in total. The first-order valence-corrected chi connectivity index (χ1v) is 8.03. The minimum Gasteiger partial charge on any atom is -0.469 e. The Morgan fingerprint density at radius 1 is 1.31 bits per heavy atom. The molecule has 3 aromatic rings. The number of benzene rings is 1. The van der Waals surface area contributed by atoms with Crippen molar-refractivity contribution in [2.45, 2.75) is 13.5 Å². The lowest BCUT2D eigenvalue weighted by Gasteiger charge is -2.20. The molecule has 0 fully saturated rings. The minimum absolute atomic E-state index is 0.0157. The number of halogens is 1. The largest absolute Gasteiger partial charge is 0.469 e. The van der Waals surface area contributed by atoms with Crippen molar-refractivity contribution in [3.63, 3.8) is 0 Å². The summed E-state index contributed by atoms with van der Waals surface area (Å²) in [6.45, 7) is 2.36. The van der Waals surface area contributed by atoms with E-state index >= 15 is 0 Å². The average Bonchev–Trinajstić information content (AvgIpc) is 3.02. The van der Waals surface area contributed by atoms with Crippen LogP contribution >= 0.6 is 11.6 Å². The molecular formula is C17H15ClN4O4. The van der Waals surface area contributed by atoms with Crippen LogP contribution in [0.15, 0.2) is 52.0 Å². The summed E-state index contributed by atoms with van der Waals surface area (Å²) in [6, 6.07) is 7.35.